The number of nitrogens with zero attached hydrogens (tertiary/aromatic N) is 2. The highest BCUT2D eigenvalue weighted by Crippen LogP contribution is 2.31. The first-order chi connectivity index (χ1) is 22.2. The smallest absolute Gasteiger partial charge is 0.264 e. The largest absolute Gasteiger partial charge is 0.352 e. The van der Waals surface area contributed by atoms with E-state index in [0.29, 0.717) is 0 Å². The van der Waals surface area contributed by atoms with Crippen LogP contribution in [-0.4, -0.2) is 43.8 Å². The van der Waals surface area contributed by atoms with Gasteiger partial charge in [-0.1, -0.05) is 120 Å². The third-order valence-corrected chi connectivity index (χ3v) is 10.8. The van der Waals surface area contributed by atoms with Gasteiger partial charge in [-0.05, 0) is 60.4 Å². The number of halogens is 2. The molecule has 0 aromatic heterocycles. The molecule has 0 aliphatic heterocycles. The van der Waals surface area contributed by atoms with E-state index in [4.69, 9.17) is 11.6 Å². The Morgan fingerprint density at radius 1 is 0.826 bits per heavy atom. The van der Waals surface area contributed by atoms with Crippen LogP contribution in [0.3, 0.4) is 0 Å². The van der Waals surface area contributed by atoms with E-state index in [-0.39, 0.29) is 40.5 Å². The number of rotatable bonds is 12. The number of anilines is 1. The molecule has 46 heavy (non-hydrogen) atoms. The molecule has 0 bridgehead atoms. The molecule has 0 spiro atoms. The molecule has 2 amide bonds. The Labute approximate surface area is 284 Å². The Morgan fingerprint density at radius 3 is 2.13 bits per heavy atom. The number of hydrogen-bond donors (Lipinski definition) is 1. The van der Waals surface area contributed by atoms with Gasteiger partial charge in [0.25, 0.3) is 10.0 Å². The lowest BCUT2D eigenvalue weighted by Crippen LogP contribution is -2.55. The molecule has 0 heterocycles. The van der Waals surface area contributed by atoms with E-state index in [1.54, 1.807) is 42.5 Å². The molecule has 0 saturated heterocycles. The maximum Gasteiger partial charge on any atom is 0.264 e. The van der Waals surface area contributed by atoms with Gasteiger partial charge in [-0.2, -0.15) is 0 Å². The second kappa shape index (κ2) is 15.8. The first kappa shape index (κ1) is 33.7. The number of para-hydroxylation sites is 1. The van der Waals surface area contributed by atoms with Crippen LogP contribution < -0.4 is 9.62 Å². The topological polar surface area (TPSA) is 86.8 Å². The van der Waals surface area contributed by atoms with E-state index >= 15 is 0 Å². The van der Waals surface area contributed by atoms with Gasteiger partial charge in [0, 0.05) is 23.5 Å². The maximum atomic E-state index is 14.6. The molecular weight excluding hydrogens is 686 g/mol. The number of sulfonamides is 1. The second-order valence-electron chi connectivity index (χ2n) is 11.5. The fourth-order valence-electron chi connectivity index (χ4n) is 5.82. The van der Waals surface area contributed by atoms with Crippen LogP contribution in [0.2, 0.25) is 5.02 Å². The van der Waals surface area contributed by atoms with Gasteiger partial charge in [-0.25, -0.2) is 8.42 Å². The molecule has 4 aromatic rings. The Balaban J connectivity index is 1.56. The zero-order valence-electron chi connectivity index (χ0n) is 25.4. The molecule has 1 aliphatic carbocycles. The lowest BCUT2D eigenvalue weighted by atomic mass is 9.94. The Kier molecular flexibility index (Phi) is 11.5. The minimum absolute atomic E-state index is 0.0251. The molecule has 10 heteroatoms. The van der Waals surface area contributed by atoms with Crippen LogP contribution in [0, 0.1) is 0 Å². The third kappa shape index (κ3) is 8.57. The number of carbonyl (C=O) groups excluding carboxylic acids is 2. The quantitative estimate of drug-likeness (QED) is 0.165. The van der Waals surface area contributed by atoms with E-state index in [9.17, 15) is 18.0 Å². The van der Waals surface area contributed by atoms with Crippen molar-refractivity contribution in [2.75, 3.05) is 10.8 Å². The van der Waals surface area contributed by atoms with Crippen molar-refractivity contribution in [3.8, 4) is 0 Å². The SMILES string of the molecule is O=C(NC1CCCCC1)C(Cc1ccccc1)N(Cc1cccc(Br)c1)C(=O)CN(c1ccccc1Cl)S(=O)(=O)c1ccccc1. The van der Waals surface area contributed by atoms with Crippen LogP contribution in [-0.2, 0) is 32.6 Å². The summed E-state index contributed by atoms with van der Waals surface area (Å²) in [6, 6.07) is 30.7. The maximum absolute atomic E-state index is 14.6. The van der Waals surface area contributed by atoms with Crippen LogP contribution in [0.15, 0.2) is 119 Å². The predicted octanol–water partition coefficient (Wildman–Crippen LogP) is 7.39. The van der Waals surface area contributed by atoms with Crippen molar-refractivity contribution in [1.82, 2.24) is 10.2 Å². The molecule has 1 atom stereocenters. The monoisotopic (exact) mass is 721 g/mol. The normalized spacial score (nSPS) is 14.3. The van der Waals surface area contributed by atoms with Gasteiger partial charge in [-0.3, -0.25) is 13.9 Å². The molecule has 4 aromatic carbocycles. The average molecular weight is 723 g/mol. The molecule has 1 fully saturated rings. The van der Waals surface area contributed by atoms with Crippen molar-refractivity contribution >= 4 is 55.1 Å². The van der Waals surface area contributed by atoms with Crippen molar-refractivity contribution in [3.05, 3.63) is 130 Å². The fraction of sp³-hybridized carbons (Fsp3) is 0.278. The molecule has 7 nitrogen and oxygen atoms in total. The van der Waals surface area contributed by atoms with Crippen molar-refractivity contribution in [3.63, 3.8) is 0 Å². The lowest BCUT2D eigenvalue weighted by molar-refractivity contribution is -0.140. The highest BCUT2D eigenvalue weighted by atomic mass is 79.9. The number of amides is 2. The fourth-order valence-corrected chi connectivity index (χ4v) is 8.01. The average Bonchev–Trinajstić information content (AvgIpc) is 3.07. The van der Waals surface area contributed by atoms with E-state index in [1.807, 2.05) is 54.6 Å². The van der Waals surface area contributed by atoms with Gasteiger partial charge in [-0.15, -0.1) is 0 Å². The minimum atomic E-state index is -4.22. The van der Waals surface area contributed by atoms with E-state index in [2.05, 4.69) is 21.2 Å². The lowest BCUT2D eigenvalue weighted by Gasteiger charge is -2.35. The number of carbonyl (C=O) groups is 2. The molecule has 1 unspecified atom stereocenters. The molecule has 1 saturated carbocycles. The highest BCUT2D eigenvalue weighted by Gasteiger charge is 2.36. The molecule has 0 radical (unpaired) electrons. The van der Waals surface area contributed by atoms with Crippen LogP contribution >= 0.6 is 27.5 Å². The summed E-state index contributed by atoms with van der Waals surface area (Å²) >= 11 is 10.1. The summed E-state index contributed by atoms with van der Waals surface area (Å²) < 4.78 is 30.1. The number of nitrogens with one attached hydrogen (secondary N) is 1. The van der Waals surface area contributed by atoms with E-state index in [0.717, 1.165) is 52.0 Å². The van der Waals surface area contributed by atoms with Crippen molar-refractivity contribution in [2.24, 2.45) is 0 Å². The standard InChI is InChI=1S/C36H37BrClN3O4S/c37-29-16-12-15-28(23-29)25-40(34(24-27-13-4-1-5-14-27)36(43)39-30-17-6-2-7-18-30)35(42)26-41(33-22-11-10-21-32(33)38)46(44,45)31-19-8-3-9-20-31/h1,3-5,8-16,19-23,30,34H,2,6-7,17-18,24-26H2,(H,39,43). The van der Waals surface area contributed by atoms with Crippen LogP contribution in [0.4, 0.5) is 5.69 Å². The summed E-state index contributed by atoms with van der Waals surface area (Å²) in [5.74, 6) is -0.784. The summed E-state index contributed by atoms with van der Waals surface area (Å²) in [5, 5.41) is 3.41. The Bertz CT molecular complexity index is 1730. The Morgan fingerprint density at radius 2 is 1.46 bits per heavy atom. The summed E-state index contributed by atoms with van der Waals surface area (Å²) in [5.41, 5.74) is 1.86. The minimum Gasteiger partial charge on any atom is -0.352 e. The van der Waals surface area contributed by atoms with E-state index < -0.39 is 28.5 Å². The Hall–Kier alpha value is -3.66. The van der Waals surface area contributed by atoms with Gasteiger partial charge in [0.1, 0.15) is 12.6 Å². The van der Waals surface area contributed by atoms with Gasteiger partial charge in [0.2, 0.25) is 11.8 Å². The zero-order chi connectivity index (χ0) is 32.5. The highest BCUT2D eigenvalue weighted by molar-refractivity contribution is 9.10. The zero-order valence-corrected chi connectivity index (χ0v) is 28.6. The van der Waals surface area contributed by atoms with Crippen molar-refractivity contribution in [2.45, 2.75) is 62.0 Å². The molecule has 240 valence electrons. The third-order valence-electron chi connectivity index (χ3n) is 8.20. The number of benzene rings is 4. The van der Waals surface area contributed by atoms with E-state index in [1.165, 1.54) is 17.0 Å². The van der Waals surface area contributed by atoms with Gasteiger partial charge >= 0.3 is 0 Å². The van der Waals surface area contributed by atoms with Crippen molar-refractivity contribution in [1.29, 1.82) is 0 Å². The first-order valence-corrected chi connectivity index (χ1v) is 18.0. The molecule has 5 rings (SSSR count). The summed E-state index contributed by atoms with van der Waals surface area (Å²) in [4.78, 5) is 30.3. The predicted molar refractivity (Wildman–Crippen MR) is 186 cm³/mol. The van der Waals surface area contributed by atoms with Crippen LogP contribution in [0.1, 0.15) is 43.2 Å². The summed E-state index contributed by atoms with van der Waals surface area (Å²) in [7, 11) is -4.22. The molecular formula is C36H37BrClN3O4S. The second-order valence-corrected chi connectivity index (χ2v) is 14.7. The van der Waals surface area contributed by atoms with Crippen molar-refractivity contribution < 1.29 is 18.0 Å². The molecule has 1 aliphatic rings. The van der Waals surface area contributed by atoms with Crippen LogP contribution in [0.5, 0.6) is 0 Å². The summed E-state index contributed by atoms with van der Waals surface area (Å²) in [6.45, 7) is -0.466. The molecule has 1 N–H and O–H groups in total. The summed E-state index contributed by atoms with van der Waals surface area (Å²) in [6.07, 6.45) is 5.26. The number of hydrogen-bond acceptors (Lipinski definition) is 4. The van der Waals surface area contributed by atoms with Gasteiger partial charge in [0.15, 0.2) is 0 Å². The van der Waals surface area contributed by atoms with Gasteiger partial charge < -0.3 is 10.2 Å². The van der Waals surface area contributed by atoms with Gasteiger partial charge in [0.05, 0.1) is 15.6 Å². The van der Waals surface area contributed by atoms with Crippen LogP contribution in [0.25, 0.3) is 0 Å². The first-order valence-electron chi connectivity index (χ1n) is 15.4.